The van der Waals surface area contributed by atoms with Crippen LogP contribution in [0.25, 0.3) is 0 Å². The highest BCUT2D eigenvalue weighted by molar-refractivity contribution is 5.15. The van der Waals surface area contributed by atoms with Gasteiger partial charge in [-0.25, -0.2) is 0 Å². The summed E-state index contributed by atoms with van der Waals surface area (Å²) in [6, 6.07) is 1.68. The minimum Gasteiger partial charge on any atom is -0.306 e. The molecule has 4 aliphatic carbocycles. The third kappa shape index (κ3) is 2.24. The fourth-order valence-electron chi connectivity index (χ4n) is 9.51. The Hall–Kier alpha value is -0.0800. The molecule has 1 spiro atoms. The van der Waals surface area contributed by atoms with Crippen molar-refractivity contribution in [2.75, 3.05) is 27.7 Å². The summed E-state index contributed by atoms with van der Waals surface area (Å²) in [6.45, 7) is 6.67. The number of hydrogen-bond donors (Lipinski definition) is 0. The second-order valence-electron chi connectivity index (χ2n) is 11.7. The van der Waals surface area contributed by atoms with E-state index < -0.39 is 0 Å². The van der Waals surface area contributed by atoms with E-state index in [-0.39, 0.29) is 0 Å². The Morgan fingerprint density at radius 3 is 2.42 bits per heavy atom. The van der Waals surface area contributed by atoms with Gasteiger partial charge in [-0.2, -0.15) is 0 Å². The lowest BCUT2D eigenvalue weighted by molar-refractivity contribution is -0.118. The van der Waals surface area contributed by atoms with Crippen LogP contribution in [0.3, 0.4) is 0 Å². The van der Waals surface area contributed by atoms with E-state index in [0.29, 0.717) is 10.8 Å². The van der Waals surface area contributed by atoms with Gasteiger partial charge in [0.25, 0.3) is 0 Å². The molecule has 0 amide bonds. The largest absolute Gasteiger partial charge is 0.306 e. The fraction of sp³-hybridized carbons (Fsp3) is 1.00. The Morgan fingerprint density at radius 2 is 1.65 bits per heavy atom. The lowest BCUT2D eigenvalue weighted by atomic mass is 9.44. The highest BCUT2D eigenvalue weighted by Crippen LogP contribution is 2.69. The maximum absolute atomic E-state index is 2.73. The second-order valence-corrected chi connectivity index (χ2v) is 11.7. The Morgan fingerprint density at radius 1 is 0.885 bits per heavy atom. The van der Waals surface area contributed by atoms with Gasteiger partial charge in [-0.1, -0.05) is 6.92 Å². The second kappa shape index (κ2) is 5.96. The number of likely N-dealkylation sites (tertiary alicyclic amines) is 1. The molecule has 5 rings (SSSR count). The molecule has 148 valence electrons. The molecule has 0 radical (unpaired) electrons. The smallest absolute Gasteiger partial charge is 0.00982 e. The van der Waals surface area contributed by atoms with Crippen molar-refractivity contribution in [2.24, 2.45) is 40.4 Å². The zero-order valence-corrected chi connectivity index (χ0v) is 18.0. The van der Waals surface area contributed by atoms with Gasteiger partial charge in [-0.15, -0.1) is 0 Å². The average Bonchev–Trinajstić information content (AvgIpc) is 3.08. The van der Waals surface area contributed by atoms with Crippen molar-refractivity contribution in [2.45, 2.75) is 83.7 Å². The first-order valence-electron chi connectivity index (χ1n) is 11.7. The molecule has 0 aromatic heterocycles. The van der Waals surface area contributed by atoms with Gasteiger partial charge in [0.15, 0.2) is 0 Å². The number of nitrogens with zero attached hydrogens (tertiary/aromatic N) is 2. The van der Waals surface area contributed by atoms with Crippen molar-refractivity contribution < 1.29 is 0 Å². The summed E-state index contributed by atoms with van der Waals surface area (Å²) in [7, 11) is 7.02. The molecule has 5 aliphatic rings. The van der Waals surface area contributed by atoms with E-state index in [1.165, 1.54) is 38.6 Å². The molecule has 26 heavy (non-hydrogen) atoms. The highest BCUT2D eigenvalue weighted by Gasteiger charge is 2.64. The molecule has 5 fully saturated rings. The molecule has 1 heterocycles. The minimum absolute atomic E-state index is 0.658. The summed E-state index contributed by atoms with van der Waals surface area (Å²) in [5.41, 5.74) is 1.37. The SMILES string of the molecule is C[C@@H]1[C@H]2CC[C@@H]3[C@@H]4CC[C@@H]5C[C@@H](N(C)C)CC[C@]5(C)[C@H]4CC[C@@]32CN1C. The lowest BCUT2D eigenvalue weighted by Crippen LogP contribution is -2.55. The molecular weight excluding hydrogens is 316 g/mol. The van der Waals surface area contributed by atoms with Gasteiger partial charge < -0.3 is 9.80 Å². The first-order chi connectivity index (χ1) is 12.4. The zero-order valence-electron chi connectivity index (χ0n) is 18.0. The van der Waals surface area contributed by atoms with Gasteiger partial charge >= 0.3 is 0 Å². The van der Waals surface area contributed by atoms with Gasteiger partial charge in [0.1, 0.15) is 0 Å². The minimum atomic E-state index is 0.658. The average molecular weight is 359 g/mol. The summed E-state index contributed by atoms with van der Waals surface area (Å²) < 4.78 is 0. The maximum Gasteiger partial charge on any atom is 0.00982 e. The monoisotopic (exact) mass is 358 g/mol. The lowest BCUT2D eigenvalue weighted by Gasteiger charge is -2.61. The van der Waals surface area contributed by atoms with Crippen molar-refractivity contribution in [1.82, 2.24) is 9.80 Å². The summed E-state index contributed by atoms with van der Waals surface area (Å²) >= 11 is 0. The fourth-order valence-corrected chi connectivity index (χ4v) is 9.51. The van der Waals surface area contributed by atoms with E-state index in [0.717, 1.165) is 41.7 Å². The number of rotatable bonds is 1. The standard InChI is InChI=1S/C24H42N2/c1-16-20-8-9-22-19-7-6-17-14-18(25(3)4)10-12-23(17,2)21(19)11-13-24(20,22)15-26(16)5/h16-22H,6-15H2,1-5H3/t16-,17-,18+,19-,20-,21+,22-,23+,24+/m1/s1. The van der Waals surface area contributed by atoms with E-state index in [9.17, 15) is 0 Å². The summed E-state index contributed by atoms with van der Waals surface area (Å²) in [5, 5.41) is 0. The Kier molecular flexibility index (Phi) is 4.12. The van der Waals surface area contributed by atoms with Crippen LogP contribution in [0.15, 0.2) is 0 Å². The topological polar surface area (TPSA) is 6.48 Å². The molecule has 0 N–H and O–H groups in total. The van der Waals surface area contributed by atoms with Gasteiger partial charge in [0.05, 0.1) is 0 Å². The Balaban J connectivity index is 1.41. The van der Waals surface area contributed by atoms with Gasteiger partial charge in [-0.3, -0.25) is 0 Å². The number of hydrogen-bond acceptors (Lipinski definition) is 2. The summed E-state index contributed by atoms with van der Waals surface area (Å²) in [6.07, 6.45) is 13.7. The summed E-state index contributed by atoms with van der Waals surface area (Å²) in [4.78, 5) is 5.23. The predicted molar refractivity (Wildman–Crippen MR) is 109 cm³/mol. The van der Waals surface area contributed by atoms with Gasteiger partial charge in [-0.05, 0) is 126 Å². The molecule has 0 aromatic carbocycles. The van der Waals surface area contributed by atoms with Crippen molar-refractivity contribution >= 4 is 0 Å². The van der Waals surface area contributed by atoms with Crippen LogP contribution < -0.4 is 0 Å². The van der Waals surface area contributed by atoms with Crippen molar-refractivity contribution in [3.05, 3.63) is 0 Å². The van der Waals surface area contributed by atoms with Crippen molar-refractivity contribution in [3.63, 3.8) is 0 Å². The van der Waals surface area contributed by atoms with Crippen molar-refractivity contribution in [1.29, 1.82) is 0 Å². The molecular formula is C24H42N2. The van der Waals surface area contributed by atoms with Crippen LogP contribution in [0.1, 0.15) is 71.6 Å². The third-order valence-electron chi connectivity index (χ3n) is 11.0. The van der Waals surface area contributed by atoms with Crippen LogP contribution in [0, 0.1) is 40.4 Å². The zero-order chi connectivity index (χ0) is 18.3. The van der Waals surface area contributed by atoms with Crippen LogP contribution in [-0.4, -0.2) is 49.6 Å². The van der Waals surface area contributed by atoms with Crippen LogP contribution >= 0.6 is 0 Å². The van der Waals surface area contributed by atoms with Crippen LogP contribution in [-0.2, 0) is 0 Å². The van der Waals surface area contributed by atoms with Crippen LogP contribution in [0.5, 0.6) is 0 Å². The quantitative estimate of drug-likeness (QED) is 0.658. The third-order valence-corrected chi connectivity index (χ3v) is 11.0. The van der Waals surface area contributed by atoms with E-state index >= 15 is 0 Å². The predicted octanol–water partition coefficient (Wildman–Crippen LogP) is 4.89. The maximum atomic E-state index is 2.73. The molecule has 4 saturated carbocycles. The molecule has 0 aromatic rings. The van der Waals surface area contributed by atoms with E-state index in [1.807, 2.05) is 0 Å². The number of fused-ring (bicyclic) bond motifs is 4. The first-order valence-corrected chi connectivity index (χ1v) is 11.7. The van der Waals surface area contributed by atoms with Gasteiger partial charge in [0, 0.05) is 18.6 Å². The highest BCUT2D eigenvalue weighted by atomic mass is 15.2. The molecule has 1 aliphatic heterocycles. The molecule has 9 atom stereocenters. The molecule has 1 saturated heterocycles. The van der Waals surface area contributed by atoms with E-state index in [2.05, 4.69) is 44.8 Å². The van der Waals surface area contributed by atoms with Crippen LogP contribution in [0.4, 0.5) is 0 Å². The molecule has 0 unspecified atom stereocenters. The first kappa shape index (κ1) is 18.0. The molecule has 0 bridgehead atoms. The Bertz CT molecular complexity index is 558. The molecule has 2 nitrogen and oxygen atoms in total. The van der Waals surface area contributed by atoms with Gasteiger partial charge in [0.2, 0.25) is 0 Å². The van der Waals surface area contributed by atoms with Crippen molar-refractivity contribution in [3.8, 4) is 0 Å². The van der Waals surface area contributed by atoms with E-state index in [4.69, 9.17) is 0 Å². The van der Waals surface area contributed by atoms with E-state index in [1.54, 1.807) is 25.7 Å². The Labute approximate surface area is 162 Å². The normalized spacial score (nSPS) is 56.8. The molecule has 2 heteroatoms. The summed E-state index contributed by atoms with van der Waals surface area (Å²) in [5.74, 6) is 5.17. The van der Waals surface area contributed by atoms with Crippen LogP contribution in [0.2, 0.25) is 0 Å².